The zero-order valence-electron chi connectivity index (χ0n) is 17.2. The van der Waals surface area contributed by atoms with Gasteiger partial charge in [-0.3, -0.25) is 14.3 Å². The first-order valence-corrected chi connectivity index (χ1v) is 11.4. The zero-order chi connectivity index (χ0) is 21.5. The number of thioether (sulfide) groups is 1. The van der Waals surface area contributed by atoms with Crippen molar-refractivity contribution in [3.63, 3.8) is 0 Å². The lowest BCUT2D eigenvalue weighted by Gasteiger charge is -2.31. The van der Waals surface area contributed by atoms with Crippen LogP contribution in [0.4, 0.5) is 0 Å². The Kier molecular flexibility index (Phi) is 6.63. The Balaban J connectivity index is 1.52. The molecule has 1 aliphatic rings. The number of carbonyl (C=O) groups is 1. The van der Waals surface area contributed by atoms with Crippen molar-refractivity contribution < 1.29 is 4.79 Å². The Labute approximate surface area is 185 Å². The second-order valence-electron chi connectivity index (χ2n) is 7.71. The maximum Gasteiger partial charge on any atom is 0.231 e. The minimum Gasteiger partial charge on any atom is -0.337 e. The lowest BCUT2D eigenvalue weighted by molar-refractivity contribution is -0.120. The standard InChI is InChI=1S/C23H24N6OS/c24-17-23(11-5-2-6-12-23)26-20(30)16-31-22-28-27-21(19-9-13-25-14-10-19)29(22)15-18-7-3-1-4-8-18/h1,3-4,7-10,13-14H,2,5-6,11-12,15-16H2,(H,26,30). The minimum absolute atomic E-state index is 0.145. The second kappa shape index (κ2) is 9.75. The van der Waals surface area contributed by atoms with Crippen LogP contribution in [0.3, 0.4) is 0 Å². The van der Waals surface area contributed by atoms with Gasteiger partial charge in [0, 0.05) is 18.0 Å². The summed E-state index contributed by atoms with van der Waals surface area (Å²) in [5, 5.41) is 22.0. The van der Waals surface area contributed by atoms with Crippen molar-refractivity contribution in [2.45, 2.75) is 49.3 Å². The Bertz CT molecular complexity index is 1050. The van der Waals surface area contributed by atoms with Crippen LogP contribution >= 0.6 is 11.8 Å². The first-order valence-electron chi connectivity index (χ1n) is 10.4. The molecule has 1 amide bonds. The van der Waals surface area contributed by atoms with Crippen LogP contribution < -0.4 is 5.32 Å². The lowest BCUT2D eigenvalue weighted by Crippen LogP contribution is -2.49. The third-order valence-corrected chi connectivity index (χ3v) is 6.44. The van der Waals surface area contributed by atoms with Crippen LogP contribution in [-0.2, 0) is 11.3 Å². The summed E-state index contributed by atoms with van der Waals surface area (Å²) in [6, 6.07) is 16.2. The monoisotopic (exact) mass is 432 g/mol. The average Bonchev–Trinajstić information content (AvgIpc) is 3.22. The van der Waals surface area contributed by atoms with E-state index in [1.807, 2.05) is 34.9 Å². The van der Waals surface area contributed by atoms with E-state index in [9.17, 15) is 10.1 Å². The molecule has 0 radical (unpaired) electrons. The number of nitriles is 1. The van der Waals surface area contributed by atoms with Crippen molar-refractivity contribution in [2.75, 3.05) is 5.75 Å². The Morgan fingerprint density at radius 2 is 1.84 bits per heavy atom. The summed E-state index contributed by atoms with van der Waals surface area (Å²) in [7, 11) is 0. The predicted octanol–water partition coefficient (Wildman–Crippen LogP) is 3.82. The molecule has 2 aromatic heterocycles. The number of amides is 1. The van der Waals surface area contributed by atoms with Crippen molar-refractivity contribution in [1.29, 1.82) is 5.26 Å². The number of benzene rings is 1. The number of hydrogen-bond donors (Lipinski definition) is 1. The zero-order valence-corrected chi connectivity index (χ0v) is 18.0. The fourth-order valence-corrected chi connectivity index (χ4v) is 4.61. The van der Waals surface area contributed by atoms with Gasteiger partial charge in [-0.1, -0.05) is 61.4 Å². The second-order valence-corrected chi connectivity index (χ2v) is 8.65. The van der Waals surface area contributed by atoms with Crippen LogP contribution in [0.5, 0.6) is 0 Å². The van der Waals surface area contributed by atoms with Gasteiger partial charge in [0.2, 0.25) is 5.91 Å². The van der Waals surface area contributed by atoms with Crippen molar-refractivity contribution >= 4 is 17.7 Å². The van der Waals surface area contributed by atoms with Crippen molar-refractivity contribution in [1.82, 2.24) is 25.1 Å². The fourth-order valence-electron chi connectivity index (χ4n) is 3.87. The Hall–Kier alpha value is -3.18. The molecule has 0 saturated heterocycles. The molecule has 0 aliphatic heterocycles. The highest BCUT2D eigenvalue weighted by Crippen LogP contribution is 2.28. The lowest BCUT2D eigenvalue weighted by atomic mass is 9.83. The van der Waals surface area contributed by atoms with Crippen LogP contribution in [0.25, 0.3) is 11.4 Å². The topological polar surface area (TPSA) is 96.5 Å². The molecule has 7 nitrogen and oxygen atoms in total. The van der Waals surface area contributed by atoms with Gasteiger partial charge in [-0.15, -0.1) is 10.2 Å². The van der Waals surface area contributed by atoms with E-state index in [4.69, 9.17) is 0 Å². The van der Waals surface area contributed by atoms with Crippen LogP contribution in [0.1, 0.15) is 37.7 Å². The smallest absolute Gasteiger partial charge is 0.231 e. The van der Waals surface area contributed by atoms with Crippen LogP contribution in [-0.4, -0.2) is 36.9 Å². The van der Waals surface area contributed by atoms with Gasteiger partial charge in [0.15, 0.2) is 11.0 Å². The van der Waals surface area contributed by atoms with Gasteiger partial charge in [-0.2, -0.15) is 5.26 Å². The summed E-state index contributed by atoms with van der Waals surface area (Å²) < 4.78 is 2.02. The molecule has 1 fully saturated rings. The number of aromatic nitrogens is 4. The van der Waals surface area contributed by atoms with E-state index >= 15 is 0 Å². The molecule has 1 aliphatic carbocycles. The van der Waals surface area contributed by atoms with E-state index in [0.29, 0.717) is 11.7 Å². The molecule has 1 N–H and O–H groups in total. The van der Waals surface area contributed by atoms with E-state index in [1.165, 1.54) is 11.8 Å². The van der Waals surface area contributed by atoms with Crippen molar-refractivity contribution in [2.24, 2.45) is 0 Å². The molecule has 0 spiro atoms. The summed E-state index contributed by atoms with van der Waals surface area (Å²) in [5.41, 5.74) is 1.31. The molecule has 0 unspecified atom stereocenters. The number of rotatable bonds is 7. The molecule has 0 atom stereocenters. The van der Waals surface area contributed by atoms with E-state index in [2.05, 4.69) is 38.7 Å². The van der Waals surface area contributed by atoms with E-state index in [0.717, 1.165) is 49.1 Å². The third-order valence-electron chi connectivity index (χ3n) is 5.47. The summed E-state index contributed by atoms with van der Waals surface area (Å²) in [6.45, 7) is 0.595. The molecule has 31 heavy (non-hydrogen) atoms. The molecule has 158 valence electrons. The molecule has 1 saturated carbocycles. The van der Waals surface area contributed by atoms with Gasteiger partial charge in [-0.05, 0) is 30.5 Å². The molecule has 1 aromatic carbocycles. The Morgan fingerprint density at radius 3 is 2.55 bits per heavy atom. The highest BCUT2D eigenvalue weighted by atomic mass is 32.2. The molecule has 4 rings (SSSR count). The third kappa shape index (κ3) is 5.12. The number of hydrogen-bond acceptors (Lipinski definition) is 6. The molecule has 2 heterocycles. The molecule has 8 heteroatoms. The van der Waals surface area contributed by atoms with Gasteiger partial charge in [0.05, 0.1) is 18.4 Å². The highest BCUT2D eigenvalue weighted by Gasteiger charge is 2.33. The normalized spacial score (nSPS) is 15.2. The minimum atomic E-state index is -0.726. The van der Waals surface area contributed by atoms with Crippen LogP contribution in [0.2, 0.25) is 0 Å². The molecular formula is C23H24N6OS. The number of nitrogens with zero attached hydrogens (tertiary/aromatic N) is 5. The van der Waals surface area contributed by atoms with E-state index in [1.54, 1.807) is 12.4 Å². The highest BCUT2D eigenvalue weighted by molar-refractivity contribution is 7.99. The SMILES string of the molecule is N#CC1(NC(=O)CSc2nnc(-c3ccncc3)n2Cc2ccccc2)CCCCC1. The number of nitrogens with one attached hydrogen (secondary N) is 1. The molecule has 0 bridgehead atoms. The molecule has 3 aromatic rings. The molecular weight excluding hydrogens is 408 g/mol. The van der Waals surface area contributed by atoms with Gasteiger partial charge in [0.1, 0.15) is 5.54 Å². The van der Waals surface area contributed by atoms with E-state index in [-0.39, 0.29) is 11.7 Å². The average molecular weight is 433 g/mol. The van der Waals surface area contributed by atoms with Crippen LogP contribution in [0.15, 0.2) is 60.0 Å². The first kappa shape index (κ1) is 21.1. The summed E-state index contributed by atoms with van der Waals surface area (Å²) in [6.07, 6.45) is 7.95. The summed E-state index contributed by atoms with van der Waals surface area (Å²) in [4.78, 5) is 16.7. The van der Waals surface area contributed by atoms with Crippen molar-refractivity contribution in [3.05, 3.63) is 60.4 Å². The maximum atomic E-state index is 12.6. The summed E-state index contributed by atoms with van der Waals surface area (Å²) in [5.74, 6) is 0.773. The quantitative estimate of drug-likeness (QED) is 0.570. The van der Waals surface area contributed by atoms with Crippen LogP contribution in [0, 0.1) is 11.3 Å². The van der Waals surface area contributed by atoms with Gasteiger partial charge >= 0.3 is 0 Å². The largest absolute Gasteiger partial charge is 0.337 e. The van der Waals surface area contributed by atoms with Gasteiger partial charge < -0.3 is 5.32 Å². The van der Waals surface area contributed by atoms with E-state index < -0.39 is 5.54 Å². The van der Waals surface area contributed by atoms with Gasteiger partial charge in [-0.25, -0.2) is 0 Å². The predicted molar refractivity (Wildman–Crippen MR) is 119 cm³/mol. The number of carbonyl (C=O) groups excluding carboxylic acids is 1. The van der Waals surface area contributed by atoms with Gasteiger partial charge in [0.25, 0.3) is 0 Å². The number of pyridine rings is 1. The first-order chi connectivity index (χ1) is 15.2. The van der Waals surface area contributed by atoms with Crippen molar-refractivity contribution in [3.8, 4) is 17.5 Å². The fraction of sp³-hybridized carbons (Fsp3) is 0.348. The Morgan fingerprint density at radius 1 is 1.10 bits per heavy atom. The maximum absolute atomic E-state index is 12.6. The summed E-state index contributed by atoms with van der Waals surface area (Å²) >= 11 is 1.34.